The van der Waals surface area contributed by atoms with E-state index in [4.69, 9.17) is 0 Å². The Balaban J connectivity index is 0. The first kappa shape index (κ1) is 14.7. The Kier molecular flexibility index (Phi) is 8.13. The number of carbonyl (C=O) groups excluding carboxylic acids is 1. The van der Waals surface area contributed by atoms with Crippen LogP contribution in [0.2, 0.25) is 0 Å². The van der Waals surface area contributed by atoms with Crippen molar-refractivity contribution in [1.82, 2.24) is 0 Å². The summed E-state index contributed by atoms with van der Waals surface area (Å²) in [5.41, 5.74) is 0. The van der Waals surface area contributed by atoms with Gasteiger partial charge in [0.2, 0.25) is 0 Å². The molecule has 0 heterocycles. The van der Waals surface area contributed by atoms with Gasteiger partial charge >= 0.3 is 45.6 Å². The third-order valence-electron chi connectivity index (χ3n) is 0.830. The molecule has 0 radical (unpaired) electrons. The average molecular weight is 202 g/mol. The molecule has 0 rings (SSSR count). The van der Waals surface area contributed by atoms with Crippen molar-refractivity contribution < 1.29 is 17.4 Å². The van der Waals surface area contributed by atoms with E-state index in [1.54, 1.807) is 6.92 Å². The second-order valence-electron chi connectivity index (χ2n) is 1.87. The van der Waals surface area contributed by atoms with Crippen LogP contribution in [0.25, 0.3) is 0 Å². The first-order chi connectivity index (χ1) is 5.02. The monoisotopic (exact) mass is 202 g/mol. The zero-order chi connectivity index (χ0) is 8.91. The maximum atomic E-state index is 10.7. The van der Waals surface area contributed by atoms with E-state index in [9.17, 15) is 13.2 Å². The molecule has 12 heavy (non-hydrogen) atoms. The number of hydrogen-bond donors (Lipinski definition) is 0. The molecule has 0 atom stereocenters. The Labute approximate surface area is 94.4 Å². The minimum atomic E-state index is -3.66. The van der Waals surface area contributed by atoms with Crippen molar-refractivity contribution in [3.05, 3.63) is 12.7 Å². The molecule has 0 aliphatic rings. The molecule has 0 bridgehead atoms. The van der Waals surface area contributed by atoms with Crippen molar-refractivity contribution in [2.75, 3.05) is 5.75 Å². The van der Waals surface area contributed by atoms with Crippen molar-refractivity contribution in [3.8, 4) is 0 Å². The van der Waals surface area contributed by atoms with Crippen molar-refractivity contribution in [2.24, 2.45) is 0 Å². The maximum absolute atomic E-state index is 10.7. The van der Waals surface area contributed by atoms with Crippen LogP contribution >= 0.6 is 0 Å². The molecule has 0 N–H and O–H groups in total. The van der Waals surface area contributed by atoms with Gasteiger partial charge in [-0.2, -0.15) is 8.42 Å². The van der Waals surface area contributed by atoms with Gasteiger partial charge < -0.3 is 4.18 Å². The predicted octanol–water partition coefficient (Wildman–Crippen LogP) is -0.193. The number of hydrogen-bond acceptors (Lipinski definition) is 4. The molecule has 6 heteroatoms. The fraction of sp³-hybridized carbons (Fsp3) is 0.500. The molecule has 0 fully saturated rings. The second-order valence-corrected chi connectivity index (χ2v) is 3.56. The standard InChI is InChI=1S/C6H10O4S.Na.H/c1-3-5-11(8,9)10-6(7)4-2;;/h4H,2-3,5H2,1H3;;. The van der Waals surface area contributed by atoms with Gasteiger partial charge in [0.05, 0.1) is 5.75 Å². The summed E-state index contributed by atoms with van der Waals surface area (Å²) in [6.07, 6.45) is 1.24. The Bertz CT molecular complexity index is 244. The normalized spacial score (nSPS) is 9.75. The summed E-state index contributed by atoms with van der Waals surface area (Å²) in [6.45, 7) is 4.75. The van der Waals surface area contributed by atoms with Crippen molar-refractivity contribution >= 4 is 45.6 Å². The van der Waals surface area contributed by atoms with Crippen LogP contribution in [0, 0.1) is 0 Å². The van der Waals surface area contributed by atoms with Crippen LogP contribution in [-0.2, 0) is 19.1 Å². The predicted molar refractivity (Wildman–Crippen MR) is 47.5 cm³/mol. The summed E-state index contributed by atoms with van der Waals surface area (Å²) < 4.78 is 25.5. The van der Waals surface area contributed by atoms with Gasteiger partial charge in [0.25, 0.3) is 0 Å². The average Bonchev–Trinajstić information content (AvgIpc) is 1.86. The molecule has 0 spiro atoms. The van der Waals surface area contributed by atoms with Crippen LogP contribution in [0.5, 0.6) is 0 Å². The van der Waals surface area contributed by atoms with Crippen LogP contribution in [0.1, 0.15) is 13.3 Å². The fourth-order valence-electron chi connectivity index (χ4n) is 0.451. The molecule has 0 aromatic rings. The third kappa shape index (κ3) is 6.84. The van der Waals surface area contributed by atoms with Gasteiger partial charge in [0.15, 0.2) is 0 Å². The van der Waals surface area contributed by atoms with E-state index >= 15 is 0 Å². The Morgan fingerprint density at radius 3 is 2.42 bits per heavy atom. The van der Waals surface area contributed by atoms with Gasteiger partial charge in [0.1, 0.15) is 0 Å². The van der Waals surface area contributed by atoms with E-state index < -0.39 is 16.1 Å². The van der Waals surface area contributed by atoms with E-state index in [1.807, 2.05) is 0 Å². The first-order valence-electron chi connectivity index (χ1n) is 3.10. The molecule has 0 saturated carbocycles. The van der Waals surface area contributed by atoms with Gasteiger partial charge in [-0.1, -0.05) is 13.5 Å². The van der Waals surface area contributed by atoms with Crippen LogP contribution in [-0.4, -0.2) is 49.7 Å². The van der Waals surface area contributed by atoms with E-state index in [0.29, 0.717) is 6.42 Å². The molecule has 0 amide bonds. The van der Waals surface area contributed by atoms with Gasteiger partial charge in [-0.05, 0) is 6.42 Å². The molecule has 0 unspecified atom stereocenters. The molecule has 0 aliphatic heterocycles. The van der Waals surface area contributed by atoms with Gasteiger partial charge in [-0.3, -0.25) is 0 Å². The van der Waals surface area contributed by atoms with E-state index in [2.05, 4.69) is 10.8 Å². The summed E-state index contributed by atoms with van der Waals surface area (Å²) in [6, 6.07) is 0. The molecule has 0 saturated heterocycles. The van der Waals surface area contributed by atoms with E-state index in [-0.39, 0.29) is 35.3 Å². The van der Waals surface area contributed by atoms with Crippen LogP contribution < -0.4 is 0 Å². The zero-order valence-electron chi connectivity index (χ0n) is 6.24. The summed E-state index contributed by atoms with van der Waals surface area (Å²) in [5, 5.41) is 0. The van der Waals surface area contributed by atoms with Crippen LogP contribution in [0.4, 0.5) is 0 Å². The fourth-order valence-corrected chi connectivity index (χ4v) is 1.35. The third-order valence-corrected chi connectivity index (χ3v) is 2.16. The number of rotatable bonds is 4. The molecular weight excluding hydrogens is 191 g/mol. The van der Waals surface area contributed by atoms with Crippen molar-refractivity contribution in [1.29, 1.82) is 0 Å². The quantitative estimate of drug-likeness (QED) is 0.360. The molecule has 0 aliphatic carbocycles. The topological polar surface area (TPSA) is 60.4 Å². The van der Waals surface area contributed by atoms with Crippen LogP contribution in [0.15, 0.2) is 12.7 Å². The Hall–Kier alpha value is 0.160. The van der Waals surface area contributed by atoms with Gasteiger partial charge in [-0.25, -0.2) is 4.79 Å². The SMILES string of the molecule is C=CC(=O)OS(=O)(=O)CCC.[NaH]. The molecule has 4 nitrogen and oxygen atoms in total. The van der Waals surface area contributed by atoms with Gasteiger partial charge in [-0.15, -0.1) is 0 Å². The molecule has 0 aromatic heterocycles. The van der Waals surface area contributed by atoms with Gasteiger partial charge in [0, 0.05) is 6.08 Å². The van der Waals surface area contributed by atoms with Crippen molar-refractivity contribution in [3.63, 3.8) is 0 Å². The van der Waals surface area contributed by atoms with Crippen molar-refractivity contribution in [2.45, 2.75) is 13.3 Å². The second kappa shape index (κ2) is 6.65. The summed E-state index contributed by atoms with van der Waals surface area (Å²) in [4.78, 5) is 10.4. The molecular formula is C6H11NaO4S. The van der Waals surface area contributed by atoms with E-state index in [0.717, 1.165) is 6.08 Å². The number of carbonyl (C=O) groups is 1. The summed E-state index contributed by atoms with van der Waals surface area (Å²) in [5.74, 6) is -1.08. The zero-order valence-corrected chi connectivity index (χ0v) is 7.06. The molecule has 0 aromatic carbocycles. The Morgan fingerprint density at radius 1 is 1.58 bits per heavy atom. The molecule has 66 valence electrons. The van der Waals surface area contributed by atoms with Crippen LogP contribution in [0.3, 0.4) is 0 Å². The Morgan fingerprint density at radius 2 is 2.08 bits per heavy atom. The first-order valence-corrected chi connectivity index (χ1v) is 4.68. The summed E-state index contributed by atoms with van der Waals surface area (Å²) >= 11 is 0. The summed E-state index contributed by atoms with van der Waals surface area (Å²) in [7, 11) is -3.66. The minimum absolute atomic E-state index is 0. The van der Waals surface area contributed by atoms with E-state index in [1.165, 1.54) is 0 Å².